The number of nitrogens with zero attached hydrogens (tertiary/aromatic N) is 3. The lowest BCUT2D eigenvalue weighted by atomic mass is 10.1. The molecule has 0 saturated carbocycles. The van der Waals surface area contributed by atoms with Crippen LogP contribution in [0.4, 0.5) is 4.39 Å². The van der Waals surface area contributed by atoms with E-state index in [0.717, 1.165) is 16.6 Å². The number of benzene rings is 1. The second-order valence-electron chi connectivity index (χ2n) is 6.95. The molecule has 1 aromatic carbocycles. The summed E-state index contributed by atoms with van der Waals surface area (Å²) in [5.74, 6) is 0.526. The highest BCUT2D eigenvalue weighted by Crippen LogP contribution is 2.32. The molecule has 4 rings (SSSR count). The highest BCUT2D eigenvalue weighted by atomic mass is 19.1. The Morgan fingerprint density at radius 1 is 1.24 bits per heavy atom. The lowest BCUT2D eigenvalue weighted by Gasteiger charge is -2.22. The quantitative estimate of drug-likeness (QED) is 0.704. The molecule has 0 radical (unpaired) electrons. The second kappa shape index (κ2) is 7.86. The zero-order chi connectivity index (χ0) is 20.4. The summed E-state index contributed by atoms with van der Waals surface area (Å²) in [4.78, 5) is 43.8. The fourth-order valence-electron chi connectivity index (χ4n) is 3.49. The number of hydrogen-bond acceptors (Lipinski definition) is 5. The number of likely N-dealkylation sites (tertiary alicyclic amines) is 1. The Bertz CT molecular complexity index is 1130. The van der Waals surface area contributed by atoms with Crippen LogP contribution in [0, 0.1) is 5.82 Å². The standard InChI is InChI=1S/C20H19FN4O4/c21-14-5-3-13(4-6-14)10-15-11-22-19(29-15)16-2-1-8-25(16)18(27)12-24-9-7-17(26)23-20(24)28/h3-7,9,11,16H,1-2,8,10,12H2,(H,23,26,28)/t16-/m0/s1. The van der Waals surface area contributed by atoms with E-state index in [1.165, 1.54) is 24.4 Å². The first kappa shape index (κ1) is 18.9. The van der Waals surface area contributed by atoms with Gasteiger partial charge in [-0.05, 0) is 30.5 Å². The number of aromatic nitrogens is 3. The van der Waals surface area contributed by atoms with Crippen LogP contribution in [-0.2, 0) is 17.8 Å². The van der Waals surface area contributed by atoms with E-state index in [-0.39, 0.29) is 24.3 Å². The van der Waals surface area contributed by atoms with Crippen LogP contribution in [0.15, 0.2) is 56.7 Å². The van der Waals surface area contributed by atoms with E-state index in [1.54, 1.807) is 23.2 Å². The van der Waals surface area contributed by atoms with E-state index in [2.05, 4.69) is 9.97 Å². The Hall–Kier alpha value is -3.49. The number of nitrogens with one attached hydrogen (secondary N) is 1. The minimum atomic E-state index is -0.626. The Morgan fingerprint density at radius 3 is 2.79 bits per heavy atom. The summed E-state index contributed by atoms with van der Waals surface area (Å²) < 4.78 is 20.1. The Kier molecular flexibility index (Phi) is 5.11. The molecule has 1 aliphatic rings. The first-order valence-corrected chi connectivity index (χ1v) is 9.28. The Morgan fingerprint density at radius 2 is 2.03 bits per heavy atom. The molecule has 9 heteroatoms. The summed E-state index contributed by atoms with van der Waals surface area (Å²) in [5, 5.41) is 0. The summed E-state index contributed by atoms with van der Waals surface area (Å²) in [6.07, 6.45) is 4.90. The number of hydrogen-bond donors (Lipinski definition) is 1. The monoisotopic (exact) mass is 398 g/mol. The van der Waals surface area contributed by atoms with Crippen LogP contribution in [-0.4, -0.2) is 31.9 Å². The van der Waals surface area contributed by atoms with Crippen molar-refractivity contribution >= 4 is 5.91 Å². The van der Waals surface area contributed by atoms with Gasteiger partial charge in [0.15, 0.2) is 0 Å². The topological polar surface area (TPSA) is 101 Å². The van der Waals surface area contributed by atoms with Crippen LogP contribution < -0.4 is 11.2 Å². The highest BCUT2D eigenvalue weighted by molar-refractivity contribution is 5.76. The van der Waals surface area contributed by atoms with Gasteiger partial charge in [-0.25, -0.2) is 14.2 Å². The molecular formula is C20H19FN4O4. The SMILES string of the molecule is O=C(Cn1ccc(=O)[nH]c1=O)N1CCC[C@H]1c1ncc(Cc2ccc(F)cc2)o1. The molecule has 1 atom stereocenters. The van der Waals surface area contributed by atoms with Gasteiger partial charge in [-0.1, -0.05) is 12.1 Å². The van der Waals surface area contributed by atoms with Gasteiger partial charge in [0.05, 0.1) is 6.20 Å². The van der Waals surface area contributed by atoms with Crippen molar-refractivity contribution < 1.29 is 13.6 Å². The molecule has 1 fully saturated rings. The molecule has 1 aliphatic heterocycles. The zero-order valence-corrected chi connectivity index (χ0v) is 15.5. The van der Waals surface area contributed by atoms with Gasteiger partial charge in [0.25, 0.3) is 5.56 Å². The smallest absolute Gasteiger partial charge is 0.328 e. The maximum atomic E-state index is 13.0. The lowest BCUT2D eigenvalue weighted by molar-refractivity contribution is -0.133. The fraction of sp³-hybridized carbons (Fsp3) is 0.300. The molecule has 3 heterocycles. The van der Waals surface area contributed by atoms with Crippen LogP contribution in [0.5, 0.6) is 0 Å². The number of halogens is 1. The number of H-pyrrole nitrogens is 1. The van der Waals surface area contributed by atoms with Gasteiger partial charge in [0.1, 0.15) is 24.2 Å². The van der Waals surface area contributed by atoms with Crippen LogP contribution in [0.2, 0.25) is 0 Å². The van der Waals surface area contributed by atoms with Gasteiger partial charge < -0.3 is 9.32 Å². The fourth-order valence-corrected chi connectivity index (χ4v) is 3.49. The van der Waals surface area contributed by atoms with E-state index in [0.29, 0.717) is 31.0 Å². The average molecular weight is 398 g/mol. The van der Waals surface area contributed by atoms with Crippen molar-refractivity contribution in [1.29, 1.82) is 0 Å². The Balaban J connectivity index is 1.47. The van der Waals surface area contributed by atoms with Crippen molar-refractivity contribution in [3.05, 3.63) is 86.6 Å². The van der Waals surface area contributed by atoms with Crippen LogP contribution in [0.25, 0.3) is 0 Å². The molecule has 0 bridgehead atoms. The summed E-state index contributed by atoms with van der Waals surface area (Å²) >= 11 is 0. The van der Waals surface area contributed by atoms with E-state index in [9.17, 15) is 18.8 Å². The van der Waals surface area contributed by atoms with Gasteiger partial charge in [0, 0.05) is 25.2 Å². The number of oxazole rings is 1. The number of carbonyl (C=O) groups is 1. The number of carbonyl (C=O) groups excluding carboxylic acids is 1. The van der Waals surface area contributed by atoms with Crippen molar-refractivity contribution in [2.75, 3.05) is 6.54 Å². The third-order valence-corrected chi connectivity index (χ3v) is 4.92. The van der Waals surface area contributed by atoms with Crippen molar-refractivity contribution in [3.8, 4) is 0 Å². The minimum Gasteiger partial charge on any atom is -0.443 e. The molecule has 0 aliphatic carbocycles. The first-order chi connectivity index (χ1) is 14.0. The molecule has 29 heavy (non-hydrogen) atoms. The van der Waals surface area contributed by atoms with Gasteiger partial charge in [-0.2, -0.15) is 0 Å². The molecule has 3 aromatic rings. The lowest BCUT2D eigenvalue weighted by Crippen LogP contribution is -2.38. The first-order valence-electron chi connectivity index (χ1n) is 9.28. The summed E-state index contributed by atoms with van der Waals surface area (Å²) in [5.41, 5.74) is -0.239. The van der Waals surface area contributed by atoms with E-state index in [4.69, 9.17) is 4.42 Å². The van der Waals surface area contributed by atoms with E-state index < -0.39 is 11.2 Å². The summed E-state index contributed by atoms with van der Waals surface area (Å²) in [7, 11) is 0. The second-order valence-corrected chi connectivity index (χ2v) is 6.95. The summed E-state index contributed by atoms with van der Waals surface area (Å²) in [6, 6.07) is 7.05. The van der Waals surface area contributed by atoms with Crippen molar-refractivity contribution in [3.63, 3.8) is 0 Å². The van der Waals surface area contributed by atoms with Gasteiger partial charge >= 0.3 is 5.69 Å². The predicted octanol–water partition coefficient (Wildman–Crippen LogP) is 1.62. The maximum absolute atomic E-state index is 13.0. The molecule has 2 aromatic heterocycles. The molecule has 150 valence electrons. The van der Waals surface area contributed by atoms with Gasteiger partial charge in [-0.15, -0.1) is 0 Å². The van der Waals surface area contributed by atoms with Crippen molar-refractivity contribution in [2.24, 2.45) is 0 Å². The van der Waals surface area contributed by atoms with E-state index in [1.807, 2.05) is 0 Å². The number of aromatic amines is 1. The molecule has 0 unspecified atom stereocenters. The van der Waals surface area contributed by atoms with Gasteiger partial charge in [-0.3, -0.25) is 19.1 Å². The third-order valence-electron chi connectivity index (χ3n) is 4.92. The summed E-state index contributed by atoms with van der Waals surface area (Å²) in [6.45, 7) is 0.368. The third kappa shape index (κ3) is 4.18. The van der Waals surface area contributed by atoms with Gasteiger partial charge in [0.2, 0.25) is 11.8 Å². The maximum Gasteiger partial charge on any atom is 0.328 e. The highest BCUT2D eigenvalue weighted by Gasteiger charge is 2.33. The van der Waals surface area contributed by atoms with Crippen LogP contribution >= 0.6 is 0 Å². The molecule has 8 nitrogen and oxygen atoms in total. The molecule has 1 saturated heterocycles. The minimum absolute atomic E-state index is 0.171. The normalized spacial score (nSPS) is 16.3. The van der Waals surface area contributed by atoms with Crippen LogP contribution in [0.3, 0.4) is 0 Å². The van der Waals surface area contributed by atoms with Crippen molar-refractivity contribution in [2.45, 2.75) is 31.8 Å². The number of amides is 1. The van der Waals surface area contributed by atoms with Crippen molar-refractivity contribution in [1.82, 2.24) is 19.4 Å². The zero-order valence-electron chi connectivity index (χ0n) is 15.5. The molecule has 1 amide bonds. The average Bonchev–Trinajstić information content (AvgIpc) is 3.35. The number of rotatable bonds is 5. The molecule has 1 N–H and O–H groups in total. The largest absolute Gasteiger partial charge is 0.443 e. The predicted molar refractivity (Wildman–Crippen MR) is 101 cm³/mol. The Labute approximate surface area is 164 Å². The molecule has 0 spiro atoms. The van der Waals surface area contributed by atoms with E-state index >= 15 is 0 Å². The van der Waals surface area contributed by atoms with Crippen LogP contribution in [0.1, 0.15) is 36.1 Å². The molecular weight excluding hydrogens is 379 g/mol.